The Morgan fingerprint density at radius 1 is 0.923 bits per heavy atom. The van der Waals surface area contributed by atoms with Gasteiger partial charge in [0.15, 0.2) is 0 Å². The van der Waals surface area contributed by atoms with Crippen LogP contribution in [-0.4, -0.2) is 26.8 Å². The average molecular weight is 187 g/mol. The second-order valence-electron chi connectivity index (χ2n) is 3.48. The van der Waals surface area contributed by atoms with Gasteiger partial charge in [0.25, 0.3) is 0 Å². The number of hydrogen-bond donors (Lipinski definition) is 1. The van der Waals surface area contributed by atoms with Crippen LogP contribution in [0, 0.1) is 0 Å². The van der Waals surface area contributed by atoms with Gasteiger partial charge in [-0.25, -0.2) is 0 Å². The zero-order valence-corrected chi connectivity index (χ0v) is 9.27. The summed E-state index contributed by atoms with van der Waals surface area (Å²) >= 11 is 0. The molecule has 0 amide bonds. The summed E-state index contributed by atoms with van der Waals surface area (Å²) in [4.78, 5) is 0. The second kappa shape index (κ2) is 11.9. The molecule has 2 heteroatoms. The van der Waals surface area contributed by atoms with Gasteiger partial charge in [0.1, 0.15) is 0 Å². The molecule has 0 aromatic heterocycles. The molecule has 0 unspecified atom stereocenters. The van der Waals surface area contributed by atoms with E-state index in [1.165, 1.54) is 38.5 Å². The van der Waals surface area contributed by atoms with E-state index < -0.39 is 0 Å². The van der Waals surface area contributed by atoms with Crippen LogP contribution in [0.25, 0.3) is 0 Å². The molecule has 0 rings (SSSR count). The van der Waals surface area contributed by atoms with Gasteiger partial charge in [-0.1, -0.05) is 19.8 Å². The fourth-order valence-electron chi connectivity index (χ4n) is 1.24. The zero-order chi connectivity index (χ0) is 9.78. The maximum Gasteiger partial charge on any atom is 0.0466 e. The molecule has 0 heterocycles. The smallest absolute Gasteiger partial charge is 0.0466 e. The van der Waals surface area contributed by atoms with Crippen LogP contribution in [0.2, 0.25) is 0 Å². The standard InChI is InChI=1S/C11H25NO/c1-3-4-7-10-13-11-8-5-6-9-12-2/h12H,3-11H2,1-2H3. The van der Waals surface area contributed by atoms with Crippen LogP contribution in [0.4, 0.5) is 0 Å². The molecular weight excluding hydrogens is 162 g/mol. The third kappa shape index (κ3) is 11.9. The van der Waals surface area contributed by atoms with Gasteiger partial charge < -0.3 is 10.1 Å². The fourth-order valence-corrected chi connectivity index (χ4v) is 1.24. The van der Waals surface area contributed by atoms with Crippen LogP contribution >= 0.6 is 0 Å². The molecule has 0 atom stereocenters. The molecule has 0 spiro atoms. The Morgan fingerprint density at radius 2 is 1.62 bits per heavy atom. The molecular formula is C11H25NO. The fraction of sp³-hybridized carbons (Fsp3) is 1.00. The summed E-state index contributed by atoms with van der Waals surface area (Å²) < 4.78 is 5.50. The van der Waals surface area contributed by atoms with E-state index in [4.69, 9.17) is 4.74 Å². The SMILES string of the molecule is CCCCCOCCCCCNC. The number of rotatable bonds is 10. The average Bonchev–Trinajstić information content (AvgIpc) is 2.16. The number of hydrogen-bond acceptors (Lipinski definition) is 2. The van der Waals surface area contributed by atoms with Crippen molar-refractivity contribution in [3.8, 4) is 0 Å². The maximum absolute atomic E-state index is 5.50. The summed E-state index contributed by atoms with van der Waals surface area (Å²) in [5.41, 5.74) is 0. The summed E-state index contributed by atoms with van der Waals surface area (Å²) in [6.45, 7) is 5.26. The maximum atomic E-state index is 5.50. The number of ether oxygens (including phenoxy) is 1. The van der Waals surface area contributed by atoms with Gasteiger partial charge in [0.05, 0.1) is 0 Å². The molecule has 0 bridgehead atoms. The summed E-state index contributed by atoms with van der Waals surface area (Å²) in [7, 11) is 2.00. The Hall–Kier alpha value is -0.0800. The summed E-state index contributed by atoms with van der Waals surface area (Å²) in [5.74, 6) is 0. The molecule has 13 heavy (non-hydrogen) atoms. The Kier molecular flexibility index (Phi) is 11.8. The lowest BCUT2D eigenvalue weighted by molar-refractivity contribution is 0.126. The van der Waals surface area contributed by atoms with Gasteiger partial charge in [0.2, 0.25) is 0 Å². The quantitative estimate of drug-likeness (QED) is 0.531. The molecule has 0 aliphatic heterocycles. The van der Waals surface area contributed by atoms with Crippen LogP contribution in [0.1, 0.15) is 45.4 Å². The van der Waals surface area contributed by atoms with Gasteiger partial charge in [-0.3, -0.25) is 0 Å². The van der Waals surface area contributed by atoms with Crippen molar-refractivity contribution in [2.45, 2.75) is 45.4 Å². The third-order valence-electron chi connectivity index (χ3n) is 2.11. The lowest BCUT2D eigenvalue weighted by Gasteiger charge is -2.03. The highest BCUT2D eigenvalue weighted by Gasteiger charge is 1.90. The largest absolute Gasteiger partial charge is 0.381 e. The Bertz CT molecular complexity index is 76.2. The molecule has 80 valence electrons. The van der Waals surface area contributed by atoms with Crippen LogP contribution in [0.15, 0.2) is 0 Å². The third-order valence-corrected chi connectivity index (χ3v) is 2.11. The van der Waals surface area contributed by atoms with Crippen LogP contribution in [-0.2, 0) is 4.74 Å². The van der Waals surface area contributed by atoms with E-state index in [1.54, 1.807) is 0 Å². The molecule has 0 aromatic rings. The summed E-state index contributed by atoms with van der Waals surface area (Å²) in [6.07, 6.45) is 7.59. The molecule has 0 fully saturated rings. The Morgan fingerprint density at radius 3 is 2.23 bits per heavy atom. The molecule has 0 aromatic carbocycles. The first-order chi connectivity index (χ1) is 6.41. The predicted octanol–water partition coefficient (Wildman–Crippen LogP) is 2.58. The first-order valence-electron chi connectivity index (χ1n) is 5.64. The minimum absolute atomic E-state index is 0.952. The monoisotopic (exact) mass is 187 g/mol. The van der Waals surface area contributed by atoms with Gasteiger partial charge in [-0.15, -0.1) is 0 Å². The first-order valence-corrected chi connectivity index (χ1v) is 5.64. The van der Waals surface area contributed by atoms with Crippen molar-refractivity contribution in [2.24, 2.45) is 0 Å². The van der Waals surface area contributed by atoms with Gasteiger partial charge >= 0.3 is 0 Å². The lowest BCUT2D eigenvalue weighted by Crippen LogP contribution is -2.07. The van der Waals surface area contributed by atoms with Crippen molar-refractivity contribution in [3.63, 3.8) is 0 Å². The highest BCUT2D eigenvalue weighted by Crippen LogP contribution is 1.97. The normalized spacial score (nSPS) is 10.6. The predicted molar refractivity (Wildman–Crippen MR) is 58.1 cm³/mol. The van der Waals surface area contributed by atoms with E-state index in [9.17, 15) is 0 Å². The minimum Gasteiger partial charge on any atom is -0.381 e. The van der Waals surface area contributed by atoms with E-state index in [2.05, 4.69) is 12.2 Å². The second-order valence-corrected chi connectivity index (χ2v) is 3.48. The highest BCUT2D eigenvalue weighted by atomic mass is 16.5. The van der Waals surface area contributed by atoms with Crippen molar-refractivity contribution < 1.29 is 4.74 Å². The molecule has 0 saturated carbocycles. The van der Waals surface area contributed by atoms with Crippen molar-refractivity contribution >= 4 is 0 Å². The highest BCUT2D eigenvalue weighted by molar-refractivity contribution is 4.44. The molecule has 0 saturated heterocycles. The van der Waals surface area contributed by atoms with E-state index in [0.717, 1.165) is 19.8 Å². The Labute approximate surface area is 83.1 Å². The van der Waals surface area contributed by atoms with Crippen LogP contribution < -0.4 is 5.32 Å². The first kappa shape index (κ1) is 12.9. The van der Waals surface area contributed by atoms with E-state index in [1.807, 2.05) is 7.05 Å². The van der Waals surface area contributed by atoms with E-state index in [0.29, 0.717) is 0 Å². The van der Waals surface area contributed by atoms with Gasteiger partial charge in [-0.2, -0.15) is 0 Å². The molecule has 1 N–H and O–H groups in total. The minimum atomic E-state index is 0.952. The molecule has 0 aliphatic carbocycles. The van der Waals surface area contributed by atoms with Crippen molar-refractivity contribution in [1.82, 2.24) is 5.32 Å². The van der Waals surface area contributed by atoms with Crippen LogP contribution in [0.3, 0.4) is 0 Å². The van der Waals surface area contributed by atoms with Crippen molar-refractivity contribution in [3.05, 3.63) is 0 Å². The molecule has 0 aliphatic rings. The van der Waals surface area contributed by atoms with Gasteiger partial charge in [0, 0.05) is 13.2 Å². The summed E-state index contributed by atoms with van der Waals surface area (Å²) in [5, 5.41) is 3.15. The van der Waals surface area contributed by atoms with Gasteiger partial charge in [-0.05, 0) is 39.3 Å². The van der Waals surface area contributed by atoms with Crippen molar-refractivity contribution in [2.75, 3.05) is 26.8 Å². The van der Waals surface area contributed by atoms with E-state index in [-0.39, 0.29) is 0 Å². The lowest BCUT2D eigenvalue weighted by atomic mass is 10.2. The van der Waals surface area contributed by atoms with Crippen molar-refractivity contribution in [1.29, 1.82) is 0 Å². The summed E-state index contributed by atoms with van der Waals surface area (Å²) in [6, 6.07) is 0. The molecule has 2 nitrogen and oxygen atoms in total. The van der Waals surface area contributed by atoms with E-state index >= 15 is 0 Å². The Balaban J connectivity index is 2.76. The molecule has 0 radical (unpaired) electrons. The zero-order valence-electron chi connectivity index (χ0n) is 9.27. The number of unbranched alkanes of at least 4 members (excludes halogenated alkanes) is 4. The number of nitrogens with one attached hydrogen (secondary N) is 1. The van der Waals surface area contributed by atoms with Crippen LogP contribution in [0.5, 0.6) is 0 Å². The topological polar surface area (TPSA) is 21.3 Å².